The number of ether oxygens (including phenoxy) is 1. The van der Waals surface area contributed by atoms with Gasteiger partial charge in [-0.2, -0.15) is 0 Å². The Morgan fingerprint density at radius 2 is 2.06 bits per heavy atom. The van der Waals surface area contributed by atoms with Gasteiger partial charge in [0.25, 0.3) is 0 Å². The SMILES string of the molecule is CCCC(C)NC(=O)OCc1ccccc1. The zero-order valence-corrected chi connectivity index (χ0v) is 9.90. The van der Waals surface area contributed by atoms with Gasteiger partial charge in [0.1, 0.15) is 6.61 Å². The summed E-state index contributed by atoms with van der Waals surface area (Å²) in [6, 6.07) is 9.83. The third kappa shape index (κ3) is 4.82. The zero-order chi connectivity index (χ0) is 11.8. The van der Waals surface area contributed by atoms with Gasteiger partial charge in [0, 0.05) is 6.04 Å². The molecule has 3 nitrogen and oxygen atoms in total. The summed E-state index contributed by atoms with van der Waals surface area (Å²) in [5.74, 6) is 0. The molecule has 1 unspecified atom stereocenters. The molecule has 0 aromatic heterocycles. The number of hydrogen-bond donors (Lipinski definition) is 1. The molecule has 1 aromatic rings. The number of alkyl carbamates (subject to hydrolysis) is 1. The molecule has 0 aliphatic heterocycles. The van der Waals surface area contributed by atoms with E-state index in [1.807, 2.05) is 37.3 Å². The molecule has 0 heterocycles. The molecule has 0 radical (unpaired) electrons. The highest BCUT2D eigenvalue weighted by Crippen LogP contribution is 2.01. The average molecular weight is 221 g/mol. The van der Waals surface area contributed by atoms with E-state index in [1.54, 1.807) is 0 Å². The first-order valence-electron chi connectivity index (χ1n) is 5.69. The molecular formula is C13H19NO2. The quantitative estimate of drug-likeness (QED) is 0.829. The summed E-state index contributed by atoms with van der Waals surface area (Å²) in [6.07, 6.45) is 1.69. The highest BCUT2D eigenvalue weighted by atomic mass is 16.5. The third-order valence-corrected chi connectivity index (χ3v) is 2.30. The van der Waals surface area contributed by atoms with Crippen LogP contribution in [0.5, 0.6) is 0 Å². The van der Waals surface area contributed by atoms with E-state index in [1.165, 1.54) is 0 Å². The summed E-state index contributed by atoms with van der Waals surface area (Å²) in [7, 11) is 0. The van der Waals surface area contributed by atoms with Crippen LogP contribution in [0.25, 0.3) is 0 Å². The van der Waals surface area contributed by atoms with Crippen molar-refractivity contribution in [3.8, 4) is 0 Å². The van der Waals surface area contributed by atoms with Gasteiger partial charge in [0.2, 0.25) is 0 Å². The molecule has 0 aliphatic carbocycles. The molecule has 1 N–H and O–H groups in total. The number of amides is 1. The Hall–Kier alpha value is -1.51. The summed E-state index contributed by atoms with van der Waals surface area (Å²) in [5.41, 5.74) is 1.00. The van der Waals surface area contributed by atoms with Crippen LogP contribution < -0.4 is 5.32 Å². The van der Waals surface area contributed by atoms with E-state index >= 15 is 0 Å². The highest BCUT2D eigenvalue weighted by Gasteiger charge is 2.06. The lowest BCUT2D eigenvalue weighted by atomic mass is 10.2. The molecule has 0 bridgehead atoms. The number of hydrogen-bond acceptors (Lipinski definition) is 2. The number of rotatable bonds is 5. The van der Waals surface area contributed by atoms with Crippen LogP contribution in [0.1, 0.15) is 32.3 Å². The van der Waals surface area contributed by atoms with Crippen molar-refractivity contribution in [2.45, 2.75) is 39.3 Å². The van der Waals surface area contributed by atoms with Gasteiger partial charge in [0.05, 0.1) is 0 Å². The van der Waals surface area contributed by atoms with E-state index in [9.17, 15) is 4.79 Å². The van der Waals surface area contributed by atoms with Gasteiger partial charge < -0.3 is 10.1 Å². The van der Waals surface area contributed by atoms with Crippen molar-refractivity contribution < 1.29 is 9.53 Å². The normalized spacial score (nSPS) is 11.9. The molecule has 1 rings (SSSR count). The van der Waals surface area contributed by atoms with Gasteiger partial charge in [-0.15, -0.1) is 0 Å². The Kier molecular flexibility index (Phi) is 5.40. The molecule has 0 saturated carbocycles. The molecule has 0 spiro atoms. The van der Waals surface area contributed by atoms with Crippen molar-refractivity contribution in [1.29, 1.82) is 0 Å². The van der Waals surface area contributed by atoms with E-state index in [0.29, 0.717) is 6.61 Å². The average Bonchev–Trinajstić information content (AvgIpc) is 2.28. The topological polar surface area (TPSA) is 38.3 Å². The van der Waals surface area contributed by atoms with Gasteiger partial charge in [-0.1, -0.05) is 43.7 Å². The number of benzene rings is 1. The van der Waals surface area contributed by atoms with Crippen molar-refractivity contribution in [2.75, 3.05) is 0 Å². The first-order chi connectivity index (χ1) is 7.72. The third-order valence-electron chi connectivity index (χ3n) is 2.30. The highest BCUT2D eigenvalue weighted by molar-refractivity contribution is 5.67. The Labute approximate surface area is 96.8 Å². The molecule has 3 heteroatoms. The predicted octanol–water partition coefficient (Wildman–Crippen LogP) is 3.10. The molecule has 1 atom stereocenters. The smallest absolute Gasteiger partial charge is 0.407 e. The van der Waals surface area contributed by atoms with E-state index < -0.39 is 0 Å². The first-order valence-corrected chi connectivity index (χ1v) is 5.69. The molecule has 0 aliphatic rings. The van der Waals surface area contributed by atoms with Crippen LogP contribution in [0.3, 0.4) is 0 Å². The lowest BCUT2D eigenvalue weighted by Crippen LogP contribution is -2.32. The maximum absolute atomic E-state index is 11.4. The monoisotopic (exact) mass is 221 g/mol. The largest absolute Gasteiger partial charge is 0.445 e. The summed E-state index contributed by atoms with van der Waals surface area (Å²) < 4.78 is 5.10. The fourth-order valence-corrected chi connectivity index (χ4v) is 1.47. The maximum Gasteiger partial charge on any atom is 0.407 e. The second-order valence-electron chi connectivity index (χ2n) is 3.90. The lowest BCUT2D eigenvalue weighted by molar-refractivity contribution is 0.136. The first kappa shape index (κ1) is 12.6. The summed E-state index contributed by atoms with van der Waals surface area (Å²) >= 11 is 0. The van der Waals surface area contributed by atoms with Crippen LogP contribution in [-0.2, 0) is 11.3 Å². The van der Waals surface area contributed by atoms with Gasteiger partial charge in [-0.3, -0.25) is 0 Å². The molecule has 1 aromatic carbocycles. The van der Waals surface area contributed by atoms with Crippen molar-refractivity contribution in [2.24, 2.45) is 0 Å². The van der Waals surface area contributed by atoms with Crippen LogP contribution in [-0.4, -0.2) is 12.1 Å². The molecule has 16 heavy (non-hydrogen) atoms. The van der Waals surface area contributed by atoms with Crippen molar-refractivity contribution in [1.82, 2.24) is 5.32 Å². The van der Waals surface area contributed by atoms with Crippen molar-refractivity contribution >= 4 is 6.09 Å². The minimum Gasteiger partial charge on any atom is -0.445 e. The van der Waals surface area contributed by atoms with Gasteiger partial charge >= 0.3 is 6.09 Å². The molecule has 0 saturated heterocycles. The van der Waals surface area contributed by atoms with Crippen molar-refractivity contribution in [3.05, 3.63) is 35.9 Å². The van der Waals surface area contributed by atoms with Crippen LogP contribution in [0, 0.1) is 0 Å². The van der Waals surface area contributed by atoms with Crippen LogP contribution in [0.4, 0.5) is 4.79 Å². The van der Waals surface area contributed by atoms with Crippen LogP contribution in [0.2, 0.25) is 0 Å². The van der Waals surface area contributed by atoms with Gasteiger partial charge in [-0.05, 0) is 18.9 Å². The van der Waals surface area contributed by atoms with E-state index in [2.05, 4.69) is 12.2 Å². The fourth-order valence-electron chi connectivity index (χ4n) is 1.47. The number of nitrogens with one attached hydrogen (secondary N) is 1. The Morgan fingerprint density at radius 1 is 1.38 bits per heavy atom. The van der Waals surface area contributed by atoms with Gasteiger partial charge in [-0.25, -0.2) is 4.79 Å². The Bertz CT molecular complexity index is 311. The summed E-state index contributed by atoms with van der Waals surface area (Å²) in [6.45, 7) is 4.40. The lowest BCUT2D eigenvalue weighted by Gasteiger charge is -2.12. The summed E-state index contributed by atoms with van der Waals surface area (Å²) in [5, 5.41) is 2.79. The van der Waals surface area contributed by atoms with Crippen molar-refractivity contribution in [3.63, 3.8) is 0 Å². The predicted molar refractivity (Wildman–Crippen MR) is 64.1 cm³/mol. The number of carbonyl (C=O) groups is 1. The minimum absolute atomic E-state index is 0.174. The van der Waals surface area contributed by atoms with E-state index in [0.717, 1.165) is 18.4 Å². The second kappa shape index (κ2) is 6.88. The minimum atomic E-state index is -0.343. The molecule has 1 amide bonds. The van der Waals surface area contributed by atoms with E-state index in [4.69, 9.17) is 4.74 Å². The van der Waals surface area contributed by atoms with Crippen LogP contribution in [0.15, 0.2) is 30.3 Å². The second-order valence-corrected chi connectivity index (χ2v) is 3.90. The fraction of sp³-hybridized carbons (Fsp3) is 0.462. The zero-order valence-electron chi connectivity index (χ0n) is 9.90. The molecule has 0 fully saturated rings. The van der Waals surface area contributed by atoms with Crippen LogP contribution >= 0.6 is 0 Å². The Balaban J connectivity index is 2.25. The maximum atomic E-state index is 11.4. The summed E-state index contributed by atoms with van der Waals surface area (Å²) in [4.78, 5) is 11.4. The standard InChI is InChI=1S/C13H19NO2/c1-3-7-11(2)14-13(15)16-10-12-8-5-4-6-9-12/h4-6,8-9,11H,3,7,10H2,1-2H3,(H,14,15). The Morgan fingerprint density at radius 3 is 2.69 bits per heavy atom. The number of carbonyl (C=O) groups excluding carboxylic acids is 1. The molecular weight excluding hydrogens is 202 g/mol. The molecule has 88 valence electrons. The van der Waals surface area contributed by atoms with E-state index in [-0.39, 0.29) is 12.1 Å². The van der Waals surface area contributed by atoms with Gasteiger partial charge in [0.15, 0.2) is 0 Å².